The van der Waals surface area contributed by atoms with Crippen molar-refractivity contribution in [3.8, 4) is 0 Å². The van der Waals surface area contributed by atoms with Crippen molar-refractivity contribution in [3.05, 3.63) is 29.8 Å². The van der Waals surface area contributed by atoms with E-state index < -0.39 is 28.9 Å². The first-order chi connectivity index (χ1) is 14.7. The quantitative estimate of drug-likeness (QED) is 0.495. The summed E-state index contributed by atoms with van der Waals surface area (Å²) in [7, 11) is 0. The van der Waals surface area contributed by atoms with E-state index in [1.165, 1.54) is 0 Å². The van der Waals surface area contributed by atoms with Crippen molar-refractivity contribution in [2.24, 2.45) is 10.7 Å². The van der Waals surface area contributed by atoms with Gasteiger partial charge in [-0.2, -0.15) is 0 Å². The van der Waals surface area contributed by atoms with Gasteiger partial charge in [-0.25, -0.2) is 9.59 Å². The van der Waals surface area contributed by atoms with Crippen molar-refractivity contribution in [3.63, 3.8) is 0 Å². The highest BCUT2D eigenvalue weighted by atomic mass is 16.6. The fraction of sp³-hybridized carbons (Fsp3) is 0.625. The highest BCUT2D eigenvalue weighted by Gasteiger charge is 2.38. The zero-order valence-corrected chi connectivity index (χ0v) is 20.4. The van der Waals surface area contributed by atoms with Gasteiger partial charge in [0.1, 0.15) is 11.2 Å². The summed E-state index contributed by atoms with van der Waals surface area (Å²) in [6.07, 6.45) is 2.51. The van der Waals surface area contributed by atoms with Crippen molar-refractivity contribution < 1.29 is 19.1 Å². The second kappa shape index (κ2) is 9.79. The van der Waals surface area contributed by atoms with E-state index in [1.54, 1.807) is 25.7 Å². The number of carbonyl (C=O) groups is 2. The number of nitrogens with zero attached hydrogens (tertiary/aromatic N) is 2. The minimum atomic E-state index is -0.733. The molecule has 1 fully saturated rings. The van der Waals surface area contributed by atoms with Gasteiger partial charge < -0.3 is 25.4 Å². The molecule has 0 spiro atoms. The molecule has 0 atom stereocenters. The maximum atomic E-state index is 12.6. The molecule has 0 radical (unpaired) electrons. The van der Waals surface area contributed by atoms with Crippen LogP contribution in [0, 0.1) is 0 Å². The largest absolute Gasteiger partial charge is 0.444 e. The number of amides is 2. The third-order valence-corrected chi connectivity index (χ3v) is 5.10. The lowest BCUT2D eigenvalue weighted by atomic mass is 9.88. The average Bonchev–Trinajstić information content (AvgIpc) is 3.08. The molecule has 178 valence electrons. The lowest BCUT2D eigenvalue weighted by Gasteiger charge is -2.33. The molecule has 0 heterocycles. The number of anilines is 1. The Hall–Kier alpha value is -2.77. The van der Waals surface area contributed by atoms with Crippen LogP contribution in [0.4, 0.5) is 15.3 Å². The molecule has 1 aliphatic carbocycles. The summed E-state index contributed by atoms with van der Waals surface area (Å²) in [5, 5.41) is 3.12. The molecule has 8 nitrogen and oxygen atoms in total. The number of hydrogen-bond donors (Lipinski definition) is 2. The molecule has 3 N–H and O–H groups in total. The number of hydrogen-bond acceptors (Lipinski definition) is 4. The van der Waals surface area contributed by atoms with Crippen LogP contribution in [-0.4, -0.2) is 35.9 Å². The van der Waals surface area contributed by atoms with Gasteiger partial charge >= 0.3 is 12.2 Å². The molecular formula is C24H38N4O4. The molecule has 0 aliphatic heterocycles. The van der Waals surface area contributed by atoms with Crippen molar-refractivity contribution in [1.82, 2.24) is 5.32 Å². The van der Waals surface area contributed by atoms with Gasteiger partial charge in [0.05, 0.1) is 5.54 Å². The smallest absolute Gasteiger partial charge is 0.437 e. The van der Waals surface area contributed by atoms with Gasteiger partial charge in [-0.15, -0.1) is 4.99 Å². The van der Waals surface area contributed by atoms with Gasteiger partial charge in [0.25, 0.3) is 0 Å². The molecule has 0 aromatic heterocycles. The lowest BCUT2D eigenvalue weighted by molar-refractivity contribution is 0.0452. The van der Waals surface area contributed by atoms with Crippen LogP contribution in [0.5, 0.6) is 0 Å². The van der Waals surface area contributed by atoms with Crippen LogP contribution in [0.2, 0.25) is 0 Å². The van der Waals surface area contributed by atoms with Crippen molar-refractivity contribution >= 4 is 23.8 Å². The van der Waals surface area contributed by atoms with Crippen LogP contribution >= 0.6 is 0 Å². The fourth-order valence-corrected chi connectivity index (χ4v) is 3.85. The van der Waals surface area contributed by atoms with E-state index in [0.717, 1.165) is 36.9 Å². The Bertz CT molecular complexity index is 846. The molecule has 1 saturated carbocycles. The first kappa shape index (κ1) is 25.5. The third kappa shape index (κ3) is 7.14. The van der Waals surface area contributed by atoms with Gasteiger partial charge in [0, 0.05) is 12.2 Å². The van der Waals surface area contributed by atoms with Crippen LogP contribution in [0.15, 0.2) is 29.3 Å². The number of nitrogens with one attached hydrogen (secondary N) is 1. The highest BCUT2D eigenvalue weighted by molar-refractivity contribution is 6.00. The van der Waals surface area contributed by atoms with E-state index in [9.17, 15) is 9.59 Å². The van der Waals surface area contributed by atoms with Crippen LogP contribution in [0.3, 0.4) is 0 Å². The zero-order valence-electron chi connectivity index (χ0n) is 20.4. The Morgan fingerprint density at radius 2 is 1.69 bits per heavy atom. The van der Waals surface area contributed by atoms with Crippen molar-refractivity contribution in [2.45, 2.75) is 90.9 Å². The molecule has 2 rings (SSSR count). The second-order valence-electron chi connectivity index (χ2n) is 10.2. The van der Waals surface area contributed by atoms with Crippen molar-refractivity contribution in [2.75, 3.05) is 11.4 Å². The molecule has 1 aromatic carbocycles. The van der Waals surface area contributed by atoms with Crippen LogP contribution in [0.25, 0.3) is 0 Å². The molecule has 0 unspecified atom stereocenters. The minimum absolute atomic E-state index is 0.0551. The lowest BCUT2D eigenvalue weighted by Crippen LogP contribution is -2.46. The summed E-state index contributed by atoms with van der Waals surface area (Å²) in [6, 6.07) is 7.82. The Kier molecular flexibility index (Phi) is 7.80. The zero-order chi connectivity index (χ0) is 24.2. The minimum Gasteiger partial charge on any atom is -0.444 e. The summed E-state index contributed by atoms with van der Waals surface area (Å²) in [4.78, 5) is 30.3. The SMILES string of the molecule is CCN(C(N)=NC(=O)OC(C)(C)C)c1cccc(C2(NC(=O)OC(C)(C)C)CCCC2)c1. The third-order valence-electron chi connectivity index (χ3n) is 5.10. The van der Waals surface area contributed by atoms with Gasteiger partial charge in [0.2, 0.25) is 5.96 Å². The van der Waals surface area contributed by atoms with Crippen LogP contribution in [-0.2, 0) is 15.0 Å². The van der Waals surface area contributed by atoms with E-state index in [0.29, 0.717) is 6.54 Å². The molecule has 0 saturated heterocycles. The molecular weight excluding hydrogens is 408 g/mol. The number of nitrogens with two attached hydrogens (primary N) is 1. The van der Waals surface area contributed by atoms with Gasteiger partial charge in [-0.05, 0) is 79.0 Å². The number of ether oxygens (including phenoxy) is 2. The molecule has 1 aliphatic rings. The summed E-state index contributed by atoms with van der Waals surface area (Å²) >= 11 is 0. The summed E-state index contributed by atoms with van der Waals surface area (Å²) < 4.78 is 10.8. The molecule has 2 amide bonds. The van der Waals surface area contributed by atoms with Crippen molar-refractivity contribution in [1.29, 1.82) is 0 Å². The summed E-state index contributed by atoms with van der Waals surface area (Å²) in [6.45, 7) is 13.3. The first-order valence-corrected chi connectivity index (χ1v) is 11.2. The van der Waals surface area contributed by atoms with Crippen LogP contribution in [0.1, 0.15) is 79.7 Å². The Morgan fingerprint density at radius 1 is 1.09 bits per heavy atom. The average molecular weight is 447 g/mol. The maximum absolute atomic E-state index is 12.6. The number of benzene rings is 1. The van der Waals surface area contributed by atoms with Gasteiger partial charge in [0.15, 0.2) is 0 Å². The first-order valence-electron chi connectivity index (χ1n) is 11.2. The number of guanidine groups is 1. The number of carbonyl (C=O) groups excluding carboxylic acids is 2. The molecule has 1 aromatic rings. The number of rotatable bonds is 4. The summed E-state index contributed by atoms with van der Waals surface area (Å²) in [5.41, 5.74) is 6.18. The Labute approximate surface area is 191 Å². The standard InChI is InChI=1S/C24H38N4O4/c1-8-28(19(25)26-20(29)31-22(2,3)4)18-13-11-12-17(16-18)24(14-9-10-15-24)27-21(30)32-23(5,6)7/h11-13,16H,8-10,14-15H2,1-7H3,(H,27,30)(H2,25,26,29). The Morgan fingerprint density at radius 3 is 2.22 bits per heavy atom. The predicted molar refractivity (Wildman–Crippen MR) is 127 cm³/mol. The van der Waals surface area contributed by atoms with Gasteiger partial charge in [-0.3, -0.25) is 0 Å². The van der Waals surface area contributed by atoms with Crippen LogP contribution < -0.4 is 16.0 Å². The normalized spacial score (nSPS) is 16.4. The fourth-order valence-electron chi connectivity index (χ4n) is 3.85. The number of alkyl carbamates (subject to hydrolysis) is 1. The van der Waals surface area contributed by atoms with E-state index in [4.69, 9.17) is 15.2 Å². The molecule has 8 heteroatoms. The number of aliphatic imine (C=N–C) groups is 1. The Balaban J connectivity index is 2.31. The maximum Gasteiger partial charge on any atom is 0.437 e. The summed E-state index contributed by atoms with van der Waals surface area (Å²) in [5.74, 6) is 0.0551. The van der Waals surface area contributed by atoms with E-state index in [1.807, 2.05) is 52.0 Å². The van der Waals surface area contributed by atoms with Gasteiger partial charge in [-0.1, -0.05) is 25.0 Å². The van der Waals surface area contributed by atoms with E-state index >= 15 is 0 Å². The molecule has 32 heavy (non-hydrogen) atoms. The highest BCUT2D eigenvalue weighted by Crippen LogP contribution is 2.40. The monoisotopic (exact) mass is 446 g/mol. The predicted octanol–water partition coefficient (Wildman–Crippen LogP) is 5.06. The molecule has 0 bridgehead atoms. The van der Waals surface area contributed by atoms with E-state index in [2.05, 4.69) is 10.3 Å². The second-order valence-corrected chi connectivity index (χ2v) is 10.2. The van der Waals surface area contributed by atoms with E-state index in [-0.39, 0.29) is 5.96 Å². The topological polar surface area (TPSA) is 106 Å².